The summed E-state index contributed by atoms with van der Waals surface area (Å²) in [4.78, 5) is 12.5. The van der Waals surface area contributed by atoms with E-state index in [9.17, 15) is 13.2 Å². The molecule has 0 unspecified atom stereocenters. The maximum atomic E-state index is 12.6. The summed E-state index contributed by atoms with van der Waals surface area (Å²) in [6.45, 7) is 3.51. The number of aryl methyl sites for hydroxylation is 1. The van der Waals surface area contributed by atoms with Gasteiger partial charge in [-0.3, -0.25) is 4.79 Å². The predicted molar refractivity (Wildman–Crippen MR) is 97.2 cm³/mol. The predicted octanol–water partition coefficient (Wildman–Crippen LogP) is 2.65. The Morgan fingerprint density at radius 3 is 2.44 bits per heavy atom. The highest BCUT2D eigenvalue weighted by Crippen LogP contribution is 2.25. The van der Waals surface area contributed by atoms with Crippen LogP contribution in [0.15, 0.2) is 53.4 Å². The van der Waals surface area contributed by atoms with Crippen LogP contribution in [0.1, 0.15) is 12.5 Å². The lowest BCUT2D eigenvalue weighted by Crippen LogP contribution is -2.37. The summed E-state index contributed by atoms with van der Waals surface area (Å²) >= 11 is 0. The second-order valence-corrected chi connectivity index (χ2v) is 7.43. The lowest BCUT2D eigenvalue weighted by atomic mass is 10.2. The Balaban J connectivity index is 2.17. The zero-order valence-corrected chi connectivity index (χ0v) is 15.3. The first-order valence-electron chi connectivity index (χ1n) is 7.88. The van der Waals surface area contributed by atoms with E-state index in [2.05, 4.69) is 5.32 Å². The molecule has 1 N–H and O–H groups in total. The molecule has 134 valence electrons. The minimum absolute atomic E-state index is 0.165. The number of anilines is 1. The molecule has 0 aromatic heterocycles. The lowest BCUT2D eigenvalue weighted by molar-refractivity contribution is -0.116. The first-order chi connectivity index (χ1) is 11.9. The molecule has 1 amide bonds. The second-order valence-electron chi connectivity index (χ2n) is 5.50. The van der Waals surface area contributed by atoms with Crippen molar-refractivity contribution in [2.45, 2.75) is 18.7 Å². The third-order valence-electron chi connectivity index (χ3n) is 3.68. The highest BCUT2D eigenvalue weighted by molar-refractivity contribution is 7.89. The van der Waals surface area contributed by atoms with Gasteiger partial charge in [-0.15, -0.1) is 0 Å². The summed E-state index contributed by atoms with van der Waals surface area (Å²) in [7, 11) is -2.21. The number of carbonyl (C=O) groups is 1. The number of methoxy groups -OCH3 is 1. The smallest absolute Gasteiger partial charge is 0.243 e. The SMILES string of the molecule is CCN(CC(=O)Nc1cc(C)ccc1OC)S(=O)(=O)c1ccccc1. The van der Waals surface area contributed by atoms with Gasteiger partial charge in [-0.25, -0.2) is 8.42 Å². The van der Waals surface area contributed by atoms with Crippen molar-refractivity contribution in [3.63, 3.8) is 0 Å². The van der Waals surface area contributed by atoms with Crippen LogP contribution in [0.25, 0.3) is 0 Å². The number of ether oxygens (including phenoxy) is 1. The number of benzene rings is 2. The monoisotopic (exact) mass is 362 g/mol. The summed E-state index contributed by atoms with van der Waals surface area (Å²) in [6.07, 6.45) is 0. The van der Waals surface area contributed by atoms with Gasteiger partial charge < -0.3 is 10.1 Å². The average Bonchev–Trinajstić information content (AvgIpc) is 2.60. The van der Waals surface area contributed by atoms with Gasteiger partial charge >= 0.3 is 0 Å². The van der Waals surface area contributed by atoms with Gasteiger partial charge in [0.1, 0.15) is 5.75 Å². The zero-order valence-electron chi connectivity index (χ0n) is 14.5. The maximum Gasteiger partial charge on any atom is 0.243 e. The summed E-state index contributed by atoms with van der Waals surface area (Å²) in [5.41, 5.74) is 1.47. The standard InChI is InChI=1S/C18H22N2O4S/c1-4-20(25(22,23)15-8-6-5-7-9-15)13-18(21)19-16-12-14(2)10-11-17(16)24-3/h5-12H,4,13H2,1-3H3,(H,19,21). The van der Waals surface area contributed by atoms with Gasteiger partial charge in [-0.05, 0) is 36.8 Å². The number of rotatable bonds is 7. The van der Waals surface area contributed by atoms with Crippen LogP contribution in [-0.4, -0.2) is 38.8 Å². The van der Waals surface area contributed by atoms with Crippen molar-refractivity contribution in [2.24, 2.45) is 0 Å². The Morgan fingerprint density at radius 2 is 1.84 bits per heavy atom. The van der Waals surface area contributed by atoms with Crippen molar-refractivity contribution in [3.8, 4) is 5.75 Å². The van der Waals surface area contributed by atoms with Gasteiger partial charge in [0.15, 0.2) is 0 Å². The highest BCUT2D eigenvalue weighted by Gasteiger charge is 2.25. The van der Waals surface area contributed by atoms with E-state index in [1.165, 1.54) is 19.2 Å². The summed E-state index contributed by atoms with van der Waals surface area (Å²) in [5, 5.41) is 2.72. The molecule has 0 bridgehead atoms. The molecule has 0 saturated carbocycles. The normalized spacial score (nSPS) is 11.4. The van der Waals surface area contributed by atoms with Crippen molar-refractivity contribution >= 4 is 21.6 Å². The molecule has 0 radical (unpaired) electrons. The Labute approximate surface area is 148 Å². The summed E-state index contributed by atoms with van der Waals surface area (Å²) in [6, 6.07) is 13.5. The Morgan fingerprint density at radius 1 is 1.16 bits per heavy atom. The topological polar surface area (TPSA) is 75.7 Å². The highest BCUT2D eigenvalue weighted by atomic mass is 32.2. The summed E-state index contributed by atoms with van der Waals surface area (Å²) in [5.74, 6) is 0.0955. The number of likely N-dealkylation sites (N-methyl/N-ethyl adjacent to an activating group) is 1. The van der Waals surface area contributed by atoms with Crippen LogP contribution in [0.2, 0.25) is 0 Å². The van der Waals surface area contributed by atoms with Gasteiger partial charge in [-0.1, -0.05) is 31.2 Å². The number of carbonyl (C=O) groups excluding carboxylic acids is 1. The Kier molecular flexibility index (Phi) is 6.17. The van der Waals surface area contributed by atoms with E-state index in [0.717, 1.165) is 9.87 Å². The largest absolute Gasteiger partial charge is 0.495 e. The molecule has 0 aliphatic carbocycles. The average molecular weight is 362 g/mol. The Hall–Kier alpha value is -2.38. The van der Waals surface area contributed by atoms with Gasteiger partial charge in [0.25, 0.3) is 0 Å². The molecule has 0 aliphatic heterocycles. The molecule has 0 spiro atoms. The molecule has 0 heterocycles. The van der Waals surface area contributed by atoms with E-state index < -0.39 is 15.9 Å². The molecule has 6 nitrogen and oxygen atoms in total. The Bertz CT molecular complexity index is 835. The lowest BCUT2D eigenvalue weighted by Gasteiger charge is -2.20. The quantitative estimate of drug-likeness (QED) is 0.822. The van der Waals surface area contributed by atoms with Crippen molar-refractivity contribution < 1.29 is 17.9 Å². The molecule has 25 heavy (non-hydrogen) atoms. The fourth-order valence-corrected chi connectivity index (χ4v) is 3.80. The molecule has 0 fully saturated rings. The third-order valence-corrected chi connectivity index (χ3v) is 5.62. The molecular formula is C18H22N2O4S. The van der Waals surface area contributed by atoms with Crippen molar-refractivity contribution in [2.75, 3.05) is 25.5 Å². The van der Waals surface area contributed by atoms with E-state index in [1.54, 1.807) is 37.3 Å². The molecule has 2 rings (SSSR count). The van der Waals surface area contributed by atoms with Crippen LogP contribution in [0.4, 0.5) is 5.69 Å². The maximum absolute atomic E-state index is 12.6. The number of hydrogen-bond acceptors (Lipinski definition) is 4. The fourth-order valence-electron chi connectivity index (χ4n) is 2.38. The van der Waals surface area contributed by atoms with E-state index in [1.807, 2.05) is 13.0 Å². The minimum atomic E-state index is -3.72. The van der Waals surface area contributed by atoms with Crippen LogP contribution in [-0.2, 0) is 14.8 Å². The molecule has 2 aromatic carbocycles. The van der Waals surface area contributed by atoms with Crippen LogP contribution in [0.5, 0.6) is 5.75 Å². The molecular weight excluding hydrogens is 340 g/mol. The van der Waals surface area contributed by atoms with E-state index in [-0.39, 0.29) is 18.0 Å². The van der Waals surface area contributed by atoms with Crippen LogP contribution < -0.4 is 10.1 Å². The van der Waals surface area contributed by atoms with Crippen LogP contribution in [0.3, 0.4) is 0 Å². The minimum Gasteiger partial charge on any atom is -0.495 e. The van der Waals surface area contributed by atoms with E-state index in [0.29, 0.717) is 11.4 Å². The molecule has 2 aromatic rings. The zero-order chi connectivity index (χ0) is 18.4. The van der Waals surface area contributed by atoms with Crippen molar-refractivity contribution in [1.82, 2.24) is 4.31 Å². The molecule has 0 saturated heterocycles. The van der Waals surface area contributed by atoms with Crippen LogP contribution >= 0.6 is 0 Å². The van der Waals surface area contributed by atoms with E-state index in [4.69, 9.17) is 4.74 Å². The van der Waals surface area contributed by atoms with Gasteiger partial charge in [-0.2, -0.15) is 4.31 Å². The van der Waals surface area contributed by atoms with Gasteiger partial charge in [0.2, 0.25) is 15.9 Å². The van der Waals surface area contributed by atoms with Crippen molar-refractivity contribution in [1.29, 1.82) is 0 Å². The van der Waals surface area contributed by atoms with Gasteiger partial charge in [0.05, 0.1) is 24.2 Å². The van der Waals surface area contributed by atoms with Crippen molar-refractivity contribution in [3.05, 3.63) is 54.1 Å². The van der Waals surface area contributed by atoms with Crippen LogP contribution in [0, 0.1) is 6.92 Å². The first kappa shape index (κ1) is 19.0. The number of hydrogen-bond donors (Lipinski definition) is 1. The first-order valence-corrected chi connectivity index (χ1v) is 9.32. The number of amides is 1. The summed E-state index contributed by atoms with van der Waals surface area (Å²) < 4.78 is 31.7. The number of nitrogens with one attached hydrogen (secondary N) is 1. The number of nitrogens with zero attached hydrogens (tertiary/aromatic N) is 1. The van der Waals surface area contributed by atoms with Gasteiger partial charge in [0, 0.05) is 6.54 Å². The molecule has 0 atom stereocenters. The van der Waals surface area contributed by atoms with E-state index >= 15 is 0 Å². The molecule has 0 aliphatic rings. The molecule has 7 heteroatoms. The second kappa shape index (κ2) is 8.13. The fraction of sp³-hybridized carbons (Fsp3) is 0.278. The third kappa shape index (κ3) is 4.58. The number of sulfonamides is 1.